The van der Waals surface area contributed by atoms with Crippen LogP contribution in [0.15, 0.2) is 53.1 Å². The number of ketones is 1. The molecule has 66 heavy (non-hydrogen) atoms. The van der Waals surface area contributed by atoms with Gasteiger partial charge in [-0.2, -0.15) is 0 Å². The number of aliphatic hydroxyl groups is 2. The molecule has 1 aromatic carbocycles. The monoisotopic (exact) mass is 925 g/mol. The highest BCUT2D eigenvalue weighted by Crippen LogP contribution is 2.64. The van der Waals surface area contributed by atoms with E-state index in [0.717, 1.165) is 20.3 Å². The molecule has 3 aliphatic carbocycles. The second-order valence-corrected chi connectivity index (χ2v) is 20.0. The highest BCUT2D eigenvalue weighted by molar-refractivity contribution is 5.95. The number of nitrogens with one attached hydrogen (secondary N) is 1. The second-order valence-electron chi connectivity index (χ2n) is 20.0. The van der Waals surface area contributed by atoms with Crippen molar-refractivity contribution in [2.24, 2.45) is 16.7 Å². The topological polar surface area (TPSA) is 237 Å². The summed E-state index contributed by atoms with van der Waals surface area (Å²) >= 11 is 0. The second kappa shape index (κ2) is 19.6. The molecule has 2 unspecified atom stereocenters. The molecular weight excluding hydrogens is 859 g/mol. The van der Waals surface area contributed by atoms with Crippen LogP contribution in [0.25, 0.3) is 0 Å². The zero-order valence-corrected chi connectivity index (χ0v) is 40.1. The maximum atomic E-state index is 15.6. The predicted molar refractivity (Wildman–Crippen MR) is 235 cm³/mol. The third kappa shape index (κ3) is 10.1. The molecule has 1 aliphatic heterocycles. The fourth-order valence-corrected chi connectivity index (χ4v) is 10.2. The molecule has 5 rings (SSSR count). The average Bonchev–Trinajstić information content (AvgIpc) is 3.20. The molecule has 0 spiro atoms. The third-order valence-electron chi connectivity index (χ3n) is 13.4. The molecule has 1 amide bonds. The van der Waals surface area contributed by atoms with E-state index in [1.807, 2.05) is 6.92 Å². The molecule has 11 atom stereocenters. The number of rotatable bonds is 14. The van der Waals surface area contributed by atoms with Crippen molar-refractivity contribution in [2.75, 3.05) is 6.61 Å². The van der Waals surface area contributed by atoms with Crippen LogP contribution in [0.4, 0.5) is 4.79 Å². The average molecular weight is 926 g/mol. The lowest BCUT2D eigenvalue weighted by molar-refractivity contribution is -0.346. The molecule has 2 bridgehead atoms. The van der Waals surface area contributed by atoms with Crippen LogP contribution in [0, 0.1) is 16.7 Å². The molecule has 0 aromatic heterocycles. The van der Waals surface area contributed by atoms with E-state index in [0.29, 0.717) is 18.4 Å². The maximum Gasteiger partial charge on any atom is 0.408 e. The van der Waals surface area contributed by atoms with E-state index >= 15 is 4.79 Å². The van der Waals surface area contributed by atoms with Crippen molar-refractivity contribution in [2.45, 2.75) is 181 Å². The quantitative estimate of drug-likeness (QED) is 0.0897. The fraction of sp³-hybridized carbons (Fsp3) is 0.653. The summed E-state index contributed by atoms with van der Waals surface area (Å²) in [6.07, 6.45) is -8.02. The molecule has 1 heterocycles. The van der Waals surface area contributed by atoms with Gasteiger partial charge in [0.05, 0.1) is 35.6 Å². The van der Waals surface area contributed by atoms with Crippen LogP contribution in [-0.4, -0.2) is 118 Å². The lowest BCUT2D eigenvalue weighted by Gasteiger charge is -2.67. The van der Waals surface area contributed by atoms with Crippen molar-refractivity contribution in [3.05, 3.63) is 58.7 Å². The molecular formula is C49H67NO16. The van der Waals surface area contributed by atoms with Crippen LogP contribution in [0.3, 0.4) is 0 Å². The van der Waals surface area contributed by atoms with Gasteiger partial charge < -0.3 is 48.7 Å². The Kier molecular flexibility index (Phi) is 15.4. The van der Waals surface area contributed by atoms with Crippen LogP contribution in [0.5, 0.6) is 0 Å². The summed E-state index contributed by atoms with van der Waals surface area (Å²) in [7, 11) is 0. The van der Waals surface area contributed by atoms with Gasteiger partial charge in [-0.1, -0.05) is 63.5 Å². The minimum atomic E-state index is -2.42. The lowest BCUT2D eigenvalue weighted by atomic mass is 9.44. The summed E-state index contributed by atoms with van der Waals surface area (Å²) in [6.45, 7) is 18.3. The number of carbonyl (C=O) groups excluding carboxylic acids is 7. The molecule has 3 fully saturated rings. The molecule has 17 nitrogen and oxygen atoms in total. The minimum Gasteiger partial charge on any atom is -0.455 e. The third-order valence-corrected chi connectivity index (χ3v) is 13.4. The fourth-order valence-electron chi connectivity index (χ4n) is 10.2. The summed E-state index contributed by atoms with van der Waals surface area (Å²) in [5, 5.41) is 28.6. The summed E-state index contributed by atoms with van der Waals surface area (Å²) in [6, 6.07) is 6.49. The highest BCUT2D eigenvalue weighted by Gasteiger charge is 2.78. The number of fused-ring (bicyclic) bond motifs is 5. The smallest absolute Gasteiger partial charge is 0.408 e. The van der Waals surface area contributed by atoms with E-state index in [1.54, 1.807) is 66.7 Å². The molecule has 17 heteroatoms. The van der Waals surface area contributed by atoms with Gasteiger partial charge in [-0.25, -0.2) is 14.4 Å². The van der Waals surface area contributed by atoms with Crippen LogP contribution < -0.4 is 5.32 Å². The van der Waals surface area contributed by atoms with Crippen LogP contribution in [0.2, 0.25) is 0 Å². The van der Waals surface area contributed by atoms with Crippen LogP contribution in [0.1, 0.15) is 132 Å². The Morgan fingerprint density at radius 3 is 2.15 bits per heavy atom. The number of ether oxygens (including phenoxy) is 7. The van der Waals surface area contributed by atoms with Crippen LogP contribution in [-0.2, 0) is 57.1 Å². The van der Waals surface area contributed by atoms with Crippen LogP contribution >= 0.6 is 0 Å². The van der Waals surface area contributed by atoms with Gasteiger partial charge in [0.2, 0.25) is 6.10 Å². The molecule has 364 valence electrons. The van der Waals surface area contributed by atoms with Crippen molar-refractivity contribution in [1.29, 1.82) is 0 Å². The Hall–Kier alpha value is -5.13. The number of hydrogen-bond acceptors (Lipinski definition) is 16. The Morgan fingerprint density at radius 2 is 1.61 bits per heavy atom. The van der Waals surface area contributed by atoms with Crippen molar-refractivity contribution in [3.8, 4) is 0 Å². The number of carbonyl (C=O) groups is 7. The number of amides is 1. The number of unbranched alkanes of at least 4 members (excludes halogenated alkanes) is 2. The van der Waals surface area contributed by atoms with Gasteiger partial charge in [-0.05, 0) is 78.2 Å². The van der Waals surface area contributed by atoms with Gasteiger partial charge >= 0.3 is 35.9 Å². The molecule has 1 saturated heterocycles. The lowest BCUT2D eigenvalue weighted by Crippen LogP contribution is -2.82. The van der Waals surface area contributed by atoms with Crippen molar-refractivity contribution < 1.29 is 76.9 Å². The molecule has 1 aromatic rings. The van der Waals surface area contributed by atoms with Gasteiger partial charge in [0.1, 0.15) is 29.5 Å². The van der Waals surface area contributed by atoms with Crippen molar-refractivity contribution >= 4 is 41.7 Å². The molecule has 3 N–H and O–H groups in total. The Balaban J connectivity index is 1.76. The zero-order chi connectivity index (χ0) is 49.3. The van der Waals surface area contributed by atoms with Crippen molar-refractivity contribution in [1.82, 2.24) is 5.32 Å². The minimum absolute atomic E-state index is 0.0174. The summed E-state index contributed by atoms with van der Waals surface area (Å²) < 4.78 is 41.9. The Morgan fingerprint density at radius 1 is 0.955 bits per heavy atom. The molecule has 4 aliphatic rings. The van der Waals surface area contributed by atoms with Gasteiger partial charge in [0.15, 0.2) is 17.5 Å². The molecule has 0 radical (unpaired) electrons. The summed E-state index contributed by atoms with van der Waals surface area (Å²) in [4.78, 5) is 97.7. The Labute approximate surface area is 386 Å². The largest absolute Gasteiger partial charge is 0.455 e. The first kappa shape index (κ1) is 51.8. The van der Waals surface area contributed by atoms with Gasteiger partial charge in [-0.15, -0.1) is 0 Å². The number of hydrogen-bond donors (Lipinski definition) is 3. The number of alkyl carbamates (subject to hydrolysis) is 1. The van der Waals surface area contributed by atoms with E-state index in [1.165, 1.54) is 32.1 Å². The number of allylic oxidation sites excluding steroid dienone is 1. The number of Topliss-reactive ketones (excluding diaryl/α,β-unsaturated/α-hetero) is 1. The summed E-state index contributed by atoms with van der Waals surface area (Å²) in [5.41, 5.74) is -8.11. The number of aliphatic hydroxyl groups excluding tert-OH is 1. The highest BCUT2D eigenvalue weighted by atomic mass is 16.6. The SMILES string of the molecule is CCCCCC(=O)O[C@@H](C(=O)O[C@H]1C[C@@]2(O)C(OC(=O)c3ccccc3)C3[C@](C)(C(=O)[C@H](OC(C)=O)C(=C1C)C2(C)C)[C@@H](O)C[C@H]1OC[C@@]31OC(C)=O)[C@H](C=C(C)C)NC(=O)OC(C)(C)C. The first-order valence-electron chi connectivity index (χ1n) is 22.6. The first-order valence-corrected chi connectivity index (χ1v) is 22.6. The van der Waals surface area contributed by atoms with Gasteiger partial charge in [0.25, 0.3) is 0 Å². The van der Waals surface area contributed by atoms with E-state index in [9.17, 15) is 39.0 Å². The van der Waals surface area contributed by atoms with Gasteiger partial charge in [-0.3, -0.25) is 19.2 Å². The normalized spacial score (nSPS) is 30.8. The van der Waals surface area contributed by atoms with E-state index in [4.69, 9.17) is 33.2 Å². The van der Waals surface area contributed by atoms with Gasteiger partial charge in [0, 0.05) is 38.5 Å². The number of benzene rings is 1. The van der Waals surface area contributed by atoms with E-state index < -0.39 is 124 Å². The summed E-state index contributed by atoms with van der Waals surface area (Å²) in [5.74, 6) is -7.02. The molecule has 2 saturated carbocycles. The zero-order valence-electron chi connectivity index (χ0n) is 40.1. The van der Waals surface area contributed by atoms with E-state index in [2.05, 4.69) is 5.32 Å². The van der Waals surface area contributed by atoms with Crippen molar-refractivity contribution in [3.63, 3.8) is 0 Å². The maximum absolute atomic E-state index is 15.6. The Bertz CT molecular complexity index is 2120. The first-order chi connectivity index (χ1) is 30.6. The number of esters is 5. The standard InChI is InChI=1S/C49H67NO16/c1-13-14-16-21-35(54)63-37(31(22-26(2)3)50-44(58)66-45(7,8)9)43(57)62-32-24-49(59)41(64-42(56)30-19-17-15-18-20-30)39-47(12,33(53)23-34-48(39,25-60-34)65-29(6)52)40(55)38(61-28(5)51)36(27(32)4)46(49,10)11/h15,17-20,22,31-34,37-39,41,53,59H,13-14,16,21,23-25H2,1-12H3,(H,50,58)/t31-,32-,33-,34+,37+,38+,39?,41?,47+,48-,49+/m0/s1. The predicted octanol–water partition coefficient (Wildman–Crippen LogP) is 5.56. The van der Waals surface area contributed by atoms with E-state index in [-0.39, 0.29) is 36.2 Å².